The van der Waals surface area contributed by atoms with Crippen molar-refractivity contribution in [1.82, 2.24) is 14.7 Å². The maximum Gasteiger partial charge on any atom is 0.246 e. The average molecular weight is 439 g/mol. The quantitative estimate of drug-likeness (QED) is 0.403. The fraction of sp³-hybridized carbons (Fsp3) is 0.214. The van der Waals surface area contributed by atoms with Gasteiger partial charge in [0.05, 0.1) is 12.7 Å². The molecule has 0 unspecified atom stereocenters. The van der Waals surface area contributed by atoms with Gasteiger partial charge in [0.2, 0.25) is 5.91 Å². The first kappa shape index (κ1) is 22.5. The van der Waals surface area contributed by atoms with Gasteiger partial charge in [-0.25, -0.2) is 0 Å². The first-order valence-electron chi connectivity index (χ1n) is 11.2. The Morgan fingerprint density at radius 1 is 0.970 bits per heavy atom. The van der Waals surface area contributed by atoms with E-state index in [4.69, 9.17) is 0 Å². The van der Waals surface area contributed by atoms with Crippen molar-refractivity contribution < 1.29 is 4.79 Å². The van der Waals surface area contributed by atoms with E-state index in [9.17, 15) is 4.79 Å². The number of likely N-dealkylation sites (N-methyl/N-ethyl adjacent to an activating group) is 1. The van der Waals surface area contributed by atoms with Crippen molar-refractivity contribution in [1.29, 1.82) is 0 Å². The van der Waals surface area contributed by atoms with E-state index in [0.717, 1.165) is 34.5 Å². The molecule has 0 spiro atoms. The Morgan fingerprint density at radius 2 is 1.67 bits per heavy atom. The van der Waals surface area contributed by atoms with E-state index in [0.29, 0.717) is 6.54 Å². The second-order valence-corrected chi connectivity index (χ2v) is 8.57. The lowest BCUT2D eigenvalue weighted by Crippen LogP contribution is -2.34. The molecule has 1 aromatic heterocycles. The molecule has 0 saturated heterocycles. The van der Waals surface area contributed by atoms with Crippen molar-refractivity contribution in [2.45, 2.75) is 33.0 Å². The van der Waals surface area contributed by atoms with E-state index in [1.54, 1.807) is 0 Å². The second kappa shape index (κ2) is 10.3. The van der Waals surface area contributed by atoms with Gasteiger partial charge < -0.3 is 5.32 Å². The van der Waals surface area contributed by atoms with Crippen LogP contribution in [0.15, 0.2) is 91.3 Å². The highest BCUT2D eigenvalue weighted by molar-refractivity contribution is 5.96. The highest BCUT2D eigenvalue weighted by Crippen LogP contribution is 2.25. The Bertz CT molecular complexity index is 1200. The monoisotopic (exact) mass is 438 g/mol. The van der Waals surface area contributed by atoms with Crippen LogP contribution in [-0.4, -0.2) is 27.6 Å². The number of hydrogen-bond donors (Lipinski definition) is 1. The number of nitrogens with one attached hydrogen (secondary N) is 1. The predicted molar refractivity (Wildman–Crippen MR) is 133 cm³/mol. The lowest BCUT2D eigenvalue weighted by Gasteiger charge is -2.27. The standard InChI is InChI=1S/C28H30N4O/c1-21-14-15-22(2)26(16-21)30-28(33)27(25-12-8-5-9-13-25)31(3)18-24-17-29-32(20-24)19-23-10-6-4-7-11-23/h4-17,20,27H,18-19H2,1-3H3,(H,30,33)/t27-/m1/s1. The van der Waals surface area contributed by atoms with Crippen LogP contribution in [0.2, 0.25) is 0 Å². The van der Waals surface area contributed by atoms with Crippen LogP contribution in [0.1, 0.15) is 33.9 Å². The van der Waals surface area contributed by atoms with Crippen LogP contribution in [0.25, 0.3) is 0 Å². The summed E-state index contributed by atoms with van der Waals surface area (Å²) in [4.78, 5) is 15.6. The van der Waals surface area contributed by atoms with Crippen molar-refractivity contribution in [2.24, 2.45) is 0 Å². The summed E-state index contributed by atoms with van der Waals surface area (Å²) in [6.07, 6.45) is 3.93. The van der Waals surface area contributed by atoms with Gasteiger partial charge in [-0.15, -0.1) is 0 Å². The molecular weight excluding hydrogens is 408 g/mol. The molecule has 0 fully saturated rings. The SMILES string of the molecule is Cc1ccc(C)c(NC(=O)[C@@H](c2ccccc2)N(C)Cc2cnn(Cc3ccccc3)c2)c1. The van der Waals surface area contributed by atoms with Crippen LogP contribution < -0.4 is 5.32 Å². The Morgan fingerprint density at radius 3 is 2.39 bits per heavy atom. The van der Waals surface area contributed by atoms with E-state index in [-0.39, 0.29) is 5.91 Å². The van der Waals surface area contributed by atoms with Crippen molar-refractivity contribution in [3.05, 3.63) is 119 Å². The third-order valence-corrected chi connectivity index (χ3v) is 5.76. The number of amides is 1. The molecule has 0 aliphatic heterocycles. The Labute approximate surface area is 195 Å². The minimum atomic E-state index is -0.427. The molecule has 1 atom stereocenters. The highest BCUT2D eigenvalue weighted by Gasteiger charge is 2.26. The molecule has 4 aromatic rings. The summed E-state index contributed by atoms with van der Waals surface area (Å²) < 4.78 is 1.94. The Hall–Kier alpha value is -3.70. The topological polar surface area (TPSA) is 50.2 Å². The molecule has 0 bridgehead atoms. The molecule has 0 saturated carbocycles. The van der Waals surface area contributed by atoms with Gasteiger partial charge >= 0.3 is 0 Å². The summed E-state index contributed by atoms with van der Waals surface area (Å²) in [6, 6.07) is 25.9. The maximum absolute atomic E-state index is 13.5. The van der Waals surface area contributed by atoms with Crippen LogP contribution >= 0.6 is 0 Å². The molecule has 3 aromatic carbocycles. The zero-order valence-electron chi connectivity index (χ0n) is 19.4. The van der Waals surface area contributed by atoms with Crippen LogP contribution in [0.5, 0.6) is 0 Å². The van der Waals surface area contributed by atoms with Crippen molar-refractivity contribution in [3.63, 3.8) is 0 Å². The van der Waals surface area contributed by atoms with Crippen molar-refractivity contribution in [3.8, 4) is 0 Å². The molecule has 1 heterocycles. The smallest absolute Gasteiger partial charge is 0.246 e. The molecular formula is C28H30N4O. The lowest BCUT2D eigenvalue weighted by molar-refractivity contribution is -0.121. The predicted octanol–water partition coefficient (Wildman–Crippen LogP) is 5.36. The fourth-order valence-corrected chi connectivity index (χ4v) is 4.04. The number of aromatic nitrogens is 2. The van der Waals surface area contributed by atoms with Crippen molar-refractivity contribution >= 4 is 11.6 Å². The summed E-state index contributed by atoms with van der Waals surface area (Å²) in [5.41, 5.74) is 6.24. The van der Waals surface area contributed by atoms with E-state index in [1.807, 2.05) is 98.6 Å². The summed E-state index contributed by atoms with van der Waals surface area (Å²) in [7, 11) is 1.98. The molecule has 0 aliphatic rings. The molecule has 168 valence electrons. The largest absolute Gasteiger partial charge is 0.324 e. The number of carbonyl (C=O) groups excluding carboxylic acids is 1. The van der Waals surface area contributed by atoms with Crippen molar-refractivity contribution in [2.75, 3.05) is 12.4 Å². The van der Waals surface area contributed by atoms with Gasteiger partial charge in [-0.1, -0.05) is 72.8 Å². The Balaban J connectivity index is 1.52. The first-order valence-corrected chi connectivity index (χ1v) is 11.2. The van der Waals surface area contributed by atoms with E-state index < -0.39 is 6.04 Å². The number of aryl methyl sites for hydroxylation is 2. The number of benzene rings is 3. The zero-order chi connectivity index (χ0) is 23.2. The van der Waals surface area contributed by atoms with Gasteiger partial charge in [-0.2, -0.15) is 5.10 Å². The van der Waals surface area contributed by atoms with Gasteiger partial charge in [0.15, 0.2) is 0 Å². The number of anilines is 1. The maximum atomic E-state index is 13.5. The summed E-state index contributed by atoms with van der Waals surface area (Å²) in [5, 5.41) is 7.67. The van der Waals surface area contributed by atoms with Gasteiger partial charge in [-0.05, 0) is 49.2 Å². The summed E-state index contributed by atoms with van der Waals surface area (Å²) in [5.74, 6) is -0.0472. The number of nitrogens with zero attached hydrogens (tertiary/aromatic N) is 3. The molecule has 5 heteroatoms. The molecule has 0 aliphatic carbocycles. The summed E-state index contributed by atoms with van der Waals surface area (Å²) in [6.45, 7) is 5.37. The van der Waals surface area contributed by atoms with Gasteiger partial charge in [0, 0.05) is 24.0 Å². The van der Waals surface area contributed by atoms with Crippen LogP contribution in [-0.2, 0) is 17.9 Å². The van der Waals surface area contributed by atoms with Gasteiger partial charge in [0.25, 0.3) is 0 Å². The second-order valence-electron chi connectivity index (χ2n) is 8.57. The molecule has 1 N–H and O–H groups in total. The molecule has 0 radical (unpaired) electrons. The molecule has 1 amide bonds. The van der Waals surface area contributed by atoms with Crippen LogP contribution in [0.3, 0.4) is 0 Å². The minimum absolute atomic E-state index is 0.0472. The Kier molecular flexibility index (Phi) is 7.01. The van der Waals surface area contributed by atoms with Crippen LogP contribution in [0, 0.1) is 13.8 Å². The average Bonchev–Trinajstić information content (AvgIpc) is 3.24. The lowest BCUT2D eigenvalue weighted by atomic mass is 10.0. The van der Waals surface area contributed by atoms with Crippen LogP contribution in [0.4, 0.5) is 5.69 Å². The number of hydrogen-bond acceptors (Lipinski definition) is 3. The summed E-state index contributed by atoms with van der Waals surface area (Å²) >= 11 is 0. The fourth-order valence-electron chi connectivity index (χ4n) is 4.04. The highest BCUT2D eigenvalue weighted by atomic mass is 16.2. The third kappa shape index (κ3) is 5.76. The molecule has 4 rings (SSSR count). The van der Waals surface area contributed by atoms with E-state index >= 15 is 0 Å². The molecule has 33 heavy (non-hydrogen) atoms. The number of carbonyl (C=O) groups is 1. The minimum Gasteiger partial charge on any atom is -0.324 e. The van der Waals surface area contributed by atoms with E-state index in [2.05, 4.69) is 33.5 Å². The zero-order valence-corrected chi connectivity index (χ0v) is 19.4. The van der Waals surface area contributed by atoms with Gasteiger partial charge in [0.1, 0.15) is 6.04 Å². The normalized spacial score (nSPS) is 12.0. The third-order valence-electron chi connectivity index (χ3n) is 5.76. The van der Waals surface area contributed by atoms with E-state index in [1.165, 1.54) is 5.56 Å². The molecule has 5 nitrogen and oxygen atoms in total. The van der Waals surface area contributed by atoms with Gasteiger partial charge in [-0.3, -0.25) is 14.4 Å². The first-order chi connectivity index (χ1) is 16.0. The number of rotatable bonds is 8.